The highest BCUT2D eigenvalue weighted by molar-refractivity contribution is 9.10. The van der Waals surface area contributed by atoms with Gasteiger partial charge in [-0.1, -0.05) is 0 Å². The standard InChI is InChI=1S/C9H14BrN5/c1-2-15(4-3-8(11)12)9-13-5-7(10)6-14-9/h5-6H,2-4H2,1H3,(H3,11,12). The van der Waals surface area contributed by atoms with E-state index in [1.807, 2.05) is 11.8 Å². The summed E-state index contributed by atoms with van der Waals surface area (Å²) in [5.41, 5.74) is 5.31. The maximum Gasteiger partial charge on any atom is 0.225 e. The SMILES string of the molecule is CCN(CCC(=N)N)c1ncc(Br)cn1. The van der Waals surface area contributed by atoms with Crippen molar-refractivity contribution in [3.8, 4) is 0 Å². The molecule has 0 aromatic carbocycles. The van der Waals surface area contributed by atoms with Crippen LogP contribution in [0, 0.1) is 5.41 Å². The van der Waals surface area contributed by atoms with Crippen LogP contribution in [0.2, 0.25) is 0 Å². The number of rotatable bonds is 5. The van der Waals surface area contributed by atoms with Crippen molar-refractivity contribution in [3.63, 3.8) is 0 Å². The second-order valence-electron chi connectivity index (χ2n) is 3.06. The van der Waals surface area contributed by atoms with Crippen LogP contribution in [0.3, 0.4) is 0 Å². The van der Waals surface area contributed by atoms with Gasteiger partial charge in [-0.15, -0.1) is 0 Å². The highest BCUT2D eigenvalue weighted by Gasteiger charge is 2.06. The predicted molar refractivity (Wildman–Crippen MR) is 64.2 cm³/mol. The third-order valence-corrected chi connectivity index (χ3v) is 2.33. The van der Waals surface area contributed by atoms with E-state index in [1.54, 1.807) is 12.4 Å². The Kier molecular flexibility index (Phi) is 4.48. The summed E-state index contributed by atoms with van der Waals surface area (Å²) in [4.78, 5) is 10.3. The number of nitrogens with one attached hydrogen (secondary N) is 1. The van der Waals surface area contributed by atoms with E-state index < -0.39 is 0 Å². The van der Waals surface area contributed by atoms with E-state index in [2.05, 4.69) is 25.9 Å². The van der Waals surface area contributed by atoms with Gasteiger partial charge >= 0.3 is 0 Å². The van der Waals surface area contributed by atoms with Gasteiger partial charge in [0.05, 0.1) is 10.3 Å². The number of amidine groups is 1. The molecule has 0 aliphatic heterocycles. The number of nitrogens with two attached hydrogens (primary N) is 1. The van der Waals surface area contributed by atoms with Gasteiger partial charge in [0.15, 0.2) is 0 Å². The normalized spacial score (nSPS) is 10.0. The summed E-state index contributed by atoms with van der Waals surface area (Å²) in [6.45, 7) is 3.49. The zero-order valence-corrected chi connectivity index (χ0v) is 10.2. The van der Waals surface area contributed by atoms with Gasteiger partial charge in [0, 0.05) is 31.9 Å². The molecule has 0 unspecified atom stereocenters. The number of aromatic nitrogens is 2. The van der Waals surface area contributed by atoms with Gasteiger partial charge in [0.25, 0.3) is 0 Å². The molecule has 0 radical (unpaired) electrons. The Morgan fingerprint density at radius 3 is 2.60 bits per heavy atom. The van der Waals surface area contributed by atoms with Crippen LogP contribution in [-0.4, -0.2) is 28.9 Å². The average molecular weight is 272 g/mol. The molecule has 1 rings (SSSR count). The Hall–Kier alpha value is -1.17. The minimum Gasteiger partial charge on any atom is -0.388 e. The van der Waals surface area contributed by atoms with Crippen LogP contribution < -0.4 is 10.6 Å². The highest BCUT2D eigenvalue weighted by atomic mass is 79.9. The Morgan fingerprint density at radius 2 is 2.13 bits per heavy atom. The first kappa shape index (κ1) is 11.9. The lowest BCUT2D eigenvalue weighted by Crippen LogP contribution is -2.29. The molecule has 5 nitrogen and oxygen atoms in total. The minimum absolute atomic E-state index is 0.186. The lowest BCUT2D eigenvalue weighted by Gasteiger charge is -2.19. The van der Waals surface area contributed by atoms with Gasteiger partial charge in [0.2, 0.25) is 5.95 Å². The summed E-state index contributed by atoms with van der Waals surface area (Å²) < 4.78 is 0.855. The molecule has 0 atom stereocenters. The summed E-state index contributed by atoms with van der Waals surface area (Å²) >= 11 is 3.28. The molecule has 15 heavy (non-hydrogen) atoms. The average Bonchev–Trinajstić information content (AvgIpc) is 2.21. The van der Waals surface area contributed by atoms with Crippen molar-refractivity contribution in [2.45, 2.75) is 13.3 Å². The molecule has 0 bridgehead atoms. The lowest BCUT2D eigenvalue weighted by atomic mass is 10.3. The van der Waals surface area contributed by atoms with Gasteiger partial charge in [-0.05, 0) is 22.9 Å². The van der Waals surface area contributed by atoms with Crippen molar-refractivity contribution in [2.75, 3.05) is 18.0 Å². The molecule has 1 aromatic rings. The summed E-state index contributed by atoms with van der Waals surface area (Å²) in [6.07, 6.45) is 3.95. The van der Waals surface area contributed by atoms with Crippen LogP contribution in [0.1, 0.15) is 13.3 Å². The number of nitrogens with zero attached hydrogens (tertiary/aromatic N) is 3. The van der Waals surface area contributed by atoms with Crippen LogP contribution in [0.15, 0.2) is 16.9 Å². The number of hydrogen-bond acceptors (Lipinski definition) is 4. The van der Waals surface area contributed by atoms with E-state index >= 15 is 0 Å². The van der Waals surface area contributed by atoms with Crippen LogP contribution in [0.25, 0.3) is 0 Å². The fraction of sp³-hybridized carbons (Fsp3) is 0.444. The number of halogens is 1. The summed E-state index contributed by atoms with van der Waals surface area (Å²) in [6, 6.07) is 0. The van der Waals surface area contributed by atoms with Crippen molar-refractivity contribution in [2.24, 2.45) is 5.73 Å². The molecule has 82 valence electrons. The monoisotopic (exact) mass is 271 g/mol. The van der Waals surface area contributed by atoms with E-state index in [9.17, 15) is 0 Å². The summed E-state index contributed by atoms with van der Waals surface area (Å²) in [5.74, 6) is 0.854. The molecule has 0 saturated carbocycles. The van der Waals surface area contributed by atoms with Crippen molar-refractivity contribution < 1.29 is 0 Å². The molecule has 1 heterocycles. The Bertz CT molecular complexity index is 324. The van der Waals surface area contributed by atoms with Crippen LogP contribution >= 0.6 is 15.9 Å². The van der Waals surface area contributed by atoms with E-state index in [4.69, 9.17) is 11.1 Å². The first-order chi connectivity index (χ1) is 7.13. The van der Waals surface area contributed by atoms with Crippen molar-refractivity contribution >= 4 is 27.7 Å². The van der Waals surface area contributed by atoms with Crippen LogP contribution in [-0.2, 0) is 0 Å². The number of anilines is 1. The molecule has 6 heteroatoms. The fourth-order valence-electron chi connectivity index (χ4n) is 1.12. The highest BCUT2D eigenvalue weighted by Crippen LogP contribution is 2.10. The van der Waals surface area contributed by atoms with Gasteiger partial charge in [-0.25, -0.2) is 9.97 Å². The molecule has 0 saturated heterocycles. The zero-order valence-electron chi connectivity index (χ0n) is 8.57. The second kappa shape index (κ2) is 5.65. The summed E-state index contributed by atoms with van der Waals surface area (Å²) in [5, 5.41) is 7.16. The van der Waals surface area contributed by atoms with Gasteiger partial charge in [0.1, 0.15) is 0 Å². The quantitative estimate of drug-likeness (QED) is 0.627. The molecule has 1 aromatic heterocycles. The first-order valence-corrected chi connectivity index (χ1v) is 5.48. The smallest absolute Gasteiger partial charge is 0.225 e. The Morgan fingerprint density at radius 1 is 1.53 bits per heavy atom. The largest absolute Gasteiger partial charge is 0.388 e. The predicted octanol–water partition coefficient (Wildman–Crippen LogP) is 1.39. The molecule has 0 amide bonds. The molecule has 3 N–H and O–H groups in total. The first-order valence-electron chi connectivity index (χ1n) is 4.69. The lowest BCUT2D eigenvalue weighted by molar-refractivity contribution is 0.793. The second-order valence-corrected chi connectivity index (χ2v) is 3.97. The van der Waals surface area contributed by atoms with Gasteiger partial charge in [-0.2, -0.15) is 0 Å². The Labute approximate surface area is 97.3 Å². The van der Waals surface area contributed by atoms with E-state index in [0.717, 1.165) is 11.0 Å². The maximum atomic E-state index is 7.16. The van der Waals surface area contributed by atoms with Crippen LogP contribution in [0.4, 0.5) is 5.95 Å². The van der Waals surface area contributed by atoms with E-state index in [1.165, 1.54) is 0 Å². The van der Waals surface area contributed by atoms with Crippen molar-refractivity contribution in [3.05, 3.63) is 16.9 Å². The maximum absolute atomic E-state index is 7.16. The van der Waals surface area contributed by atoms with E-state index in [-0.39, 0.29) is 5.84 Å². The van der Waals surface area contributed by atoms with Crippen LogP contribution in [0.5, 0.6) is 0 Å². The van der Waals surface area contributed by atoms with E-state index in [0.29, 0.717) is 18.9 Å². The molecule has 0 aliphatic rings. The molecular formula is C9H14BrN5. The van der Waals surface area contributed by atoms with Gasteiger partial charge < -0.3 is 10.6 Å². The zero-order chi connectivity index (χ0) is 11.3. The molecule has 0 spiro atoms. The number of hydrogen-bond donors (Lipinski definition) is 2. The third-order valence-electron chi connectivity index (χ3n) is 1.92. The topological polar surface area (TPSA) is 78.9 Å². The molecule has 0 aliphatic carbocycles. The minimum atomic E-state index is 0.186. The van der Waals surface area contributed by atoms with Crippen molar-refractivity contribution in [1.29, 1.82) is 5.41 Å². The fourth-order valence-corrected chi connectivity index (χ4v) is 1.33. The molecular weight excluding hydrogens is 258 g/mol. The third kappa shape index (κ3) is 3.83. The Balaban J connectivity index is 2.65. The van der Waals surface area contributed by atoms with Gasteiger partial charge in [-0.3, -0.25) is 5.41 Å². The molecule has 0 fully saturated rings. The van der Waals surface area contributed by atoms with Crippen molar-refractivity contribution in [1.82, 2.24) is 9.97 Å². The summed E-state index contributed by atoms with van der Waals surface area (Å²) in [7, 11) is 0.